The quantitative estimate of drug-likeness (QED) is 0.868. The van der Waals surface area contributed by atoms with E-state index in [4.69, 9.17) is 10.5 Å². The molecule has 2 N–H and O–H groups in total. The predicted octanol–water partition coefficient (Wildman–Crippen LogP) is 1.79. The van der Waals surface area contributed by atoms with Gasteiger partial charge < -0.3 is 15.4 Å². The van der Waals surface area contributed by atoms with Crippen LogP contribution in [0.25, 0.3) is 0 Å². The lowest BCUT2D eigenvalue weighted by atomic mass is 10.1. The Balaban J connectivity index is 1.86. The van der Waals surface area contributed by atoms with Crippen molar-refractivity contribution in [1.82, 2.24) is 4.90 Å². The minimum atomic E-state index is -0.221. The number of hydrogen-bond acceptors (Lipinski definition) is 3. The normalized spacial score (nSPS) is 22.3. The van der Waals surface area contributed by atoms with Crippen molar-refractivity contribution < 1.29 is 9.13 Å². The van der Waals surface area contributed by atoms with Gasteiger partial charge in [-0.05, 0) is 36.6 Å². The smallest absolute Gasteiger partial charge is 0.123 e. The molecule has 2 atom stereocenters. The number of hydrogen-bond donors (Lipinski definition) is 1. The number of benzene rings is 1. The number of ether oxygens (including phenoxy) is 1. The summed E-state index contributed by atoms with van der Waals surface area (Å²) in [4.78, 5) is 2.33. The van der Waals surface area contributed by atoms with Crippen LogP contribution < -0.4 is 5.73 Å². The Kier molecular flexibility index (Phi) is 4.69. The molecule has 1 heterocycles. The highest BCUT2D eigenvalue weighted by molar-refractivity contribution is 5.20. The Morgan fingerprint density at radius 1 is 1.56 bits per heavy atom. The largest absolute Gasteiger partial charge is 0.384 e. The molecular formula is C14H21FN2O. The maximum atomic E-state index is 13.1. The van der Waals surface area contributed by atoms with E-state index in [9.17, 15) is 4.39 Å². The van der Waals surface area contributed by atoms with E-state index in [1.165, 1.54) is 12.1 Å². The van der Waals surface area contributed by atoms with Crippen molar-refractivity contribution in [2.24, 2.45) is 11.7 Å². The van der Waals surface area contributed by atoms with Gasteiger partial charge in [-0.2, -0.15) is 0 Å². The predicted molar refractivity (Wildman–Crippen MR) is 69.8 cm³/mol. The molecule has 0 spiro atoms. The van der Waals surface area contributed by atoms with E-state index in [2.05, 4.69) is 4.90 Å². The summed E-state index contributed by atoms with van der Waals surface area (Å²) in [5, 5.41) is 0. The van der Waals surface area contributed by atoms with Gasteiger partial charge in [0.25, 0.3) is 0 Å². The van der Waals surface area contributed by atoms with E-state index in [-0.39, 0.29) is 11.9 Å². The summed E-state index contributed by atoms with van der Waals surface area (Å²) in [6, 6.07) is 6.44. The molecule has 4 heteroatoms. The van der Waals surface area contributed by atoms with Gasteiger partial charge in [-0.25, -0.2) is 4.39 Å². The van der Waals surface area contributed by atoms with Crippen molar-refractivity contribution in [2.75, 3.05) is 33.4 Å². The van der Waals surface area contributed by atoms with Gasteiger partial charge in [-0.15, -0.1) is 0 Å². The number of likely N-dealkylation sites (tertiary alicyclic amines) is 1. The van der Waals surface area contributed by atoms with Crippen molar-refractivity contribution in [3.05, 3.63) is 35.6 Å². The van der Waals surface area contributed by atoms with E-state index < -0.39 is 0 Å². The Labute approximate surface area is 108 Å². The molecule has 0 saturated carbocycles. The summed E-state index contributed by atoms with van der Waals surface area (Å²) >= 11 is 0. The average Bonchev–Trinajstić information content (AvgIpc) is 2.77. The third-order valence-corrected chi connectivity index (χ3v) is 3.50. The summed E-state index contributed by atoms with van der Waals surface area (Å²) in [5.41, 5.74) is 6.99. The lowest BCUT2D eigenvalue weighted by molar-refractivity contribution is 0.152. The highest BCUT2D eigenvalue weighted by atomic mass is 19.1. The molecule has 0 bridgehead atoms. The average molecular weight is 252 g/mol. The Morgan fingerprint density at radius 3 is 3.11 bits per heavy atom. The molecule has 0 amide bonds. The van der Waals surface area contributed by atoms with Gasteiger partial charge in [0.15, 0.2) is 0 Å². The van der Waals surface area contributed by atoms with Crippen LogP contribution in [0.4, 0.5) is 4.39 Å². The third-order valence-electron chi connectivity index (χ3n) is 3.50. The van der Waals surface area contributed by atoms with Gasteiger partial charge in [0.05, 0.1) is 6.61 Å². The maximum absolute atomic E-state index is 13.1. The lowest BCUT2D eigenvalue weighted by Crippen LogP contribution is -2.31. The van der Waals surface area contributed by atoms with E-state index in [0.717, 1.165) is 38.2 Å². The van der Waals surface area contributed by atoms with Gasteiger partial charge in [-0.3, -0.25) is 0 Å². The first-order valence-electron chi connectivity index (χ1n) is 6.41. The van der Waals surface area contributed by atoms with Crippen LogP contribution in [0.15, 0.2) is 24.3 Å². The molecule has 0 aliphatic carbocycles. The zero-order valence-electron chi connectivity index (χ0n) is 10.8. The second-order valence-corrected chi connectivity index (χ2v) is 5.03. The fraction of sp³-hybridized carbons (Fsp3) is 0.571. The van der Waals surface area contributed by atoms with Gasteiger partial charge in [0.2, 0.25) is 0 Å². The molecule has 0 radical (unpaired) electrons. The van der Waals surface area contributed by atoms with Crippen molar-refractivity contribution in [3.63, 3.8) is 0 Å². The second-order valence-electron chi connectivity index (χ2n) is 5.03. The Morgan fingerprint density at radius 2 is 2.39 bits per heavy atom. The van der Waals surface area contributed by atoms with Gasteiger partial charge in [-0.1, -0.05) is 12.1 Å². The van der Waals surface area contributed by atoms with Gasteiger partial charge >= 0.3 is 0 Å². The van der Waals surface area contributed by atoms with Crippen LogP contribution in [0.5, 0.6) is 0 Å². The monoisotopic (exact) mass is 252 g/mol. The van der Waals surface area contributed by atoms with Crippen LogP contribution in [-0.2, 0) is 4.74 Å². The molecule has 100 valence electrons. The molecule has 1 aromatic carbocycles. The number of nitrogens with two attached hydrogens (primary N) is 1. The summed E-state index contributed by atoms with van der Waals surface area (Å²) in [6.45, 7) is 3.67. The SMILES string of the molecule is COCC1CCN(CC(N)c2cccc(F)c2)C1. The van der Waals surface area contributed by atoms with Crippen LogP contribution in [0.3, 0.4) is 0 Å². The fourth-order valence-corrected chi connectivity index (χ4v) is 2.57. The van der Waals surface area contributed by atoms with Crippen LogP contribution in [0, 0.1) is 11.7 Å². The minimum Gasteiger partial charge on any atom is -0.384 e. The fourth-order valence-electron chi connectivity index (χ4n) is 2.57. The number of rotatable bonds is 5. The van der Waals surface area contributed by atoms with E-state index in [0.29, 0.717) is 5.92 Å². The molecule has 2 unspecified atom stereocenters. The van der Waals surface area contributed by atoms with Crippen LogP contribution >= 0.6 is 0 Å². The summed E-state index contributed by atoms with van der Waals surface area (Å²) in [7, 11) is 1.74. The van der Waals surface area contributed by atoms with Crippen molar-refractivity contribution in [3.8, 4) is 0 Å². The molecule has 1 aromatic rings. The second kappa shape index (κ2) is 6.27. The highest BCUT2D eigenvalue weighted by Gasteiger charge is 2.23. The van der Waals surface area contributed by atoms with Crippen LogP contribution in [-0.4, -0.2) is 38.3 Å². The standard InChI is InChI=1S/C14H21FN2O/c1-18-10-11-5-6-17(8-11)9-14(16)12-3-2-4-13(15)7-12/h2-4,7,11,14H,5-6,8-10,16H2,1H3. The topological polar surface area (TPSA) is 38.5 Å². The van der Waals surface area contributed by atoms with Gasteiger partial charge in [0, 0.05) is 26.2 Å². The molecule has 1 fully saturated rings. The summed E-state index contributed by atoms with van der Waals surface area (Å²) < 4.78 is 18.3. The zero-order chi connectivity index (χ0) is 13.0. The molecular weight excluding hydrogens is 231 g/mol. The Bertz CT molecular complexity index is 386. The van der Waals surface area contributed by atoms with E-state index in [1.54, 1.807) is 13.2 Å². The number of halogens is 1. The Hall–Kier alpha value is -0.970. The van der Waals surface area contributed by atoms with Crippen molar-refractivity contribution in [2.45, 2.75) is 12.5 Å². The molecule has 1 saturated heterocycles. The molecule has 2 rings (SSSR count). The van der Waals surface area contributed by atoms with Gasteiger partial charge in [0.1, 0.15) is 5.82 Å². The first-order valence-corrected chi connectivity index (χ1v) is 6.41. The third kappa shape index (κ3) is 3.51. The highest BCUT2D eigenvalue weighted by Crippen LogP contribution is 2.20. The first-order chi connectivity index (χ1) is 8.69. The maximum Gasteiger partial charge on any atom is 0.123 e. The molecule has 1 aliphatic rings. The molecule has 1 aliphatic heterocycles. The van der Waals surface area contributed by atoms with E-state index >= 15 is 0 Å². The summed E-state index contributed by atoms with van der Waals surface area (Å²) in [6.07, 6.45) is 1.16. The van der Waals surface area contributed by atoms with Crippen LogP contribution in [0.1, 0.15) is 18.0 Å². The summed E-state index contributed by atoms with van der Waals surface area (Å²) in [5.74, 6) is 0.386. The minimum absolute atomic E-state index is 0.123. The van der Waals surface area contributed by atoms with E-state index in [1.807, 2.05) is 6.07 Å². The van der Waals surface area contributed by atoms with Crippen molar-refractivity contribution in [1.29, 1.82) is 0 Å². The molecule has 18 heavy (non-hydrogen) atoms. The van der Waals surface area contributed by atoms with Crippen molar-refractivity contribution >= 4 is 0 Å². The first kappa shape index (κ1) is 13.5. The molecule has 3 nitrogen and oxygen atoms in total. The zero-order valence-corrected chi connectivity index (χ0v) is 10.8. The number of methoxy groups -OCH3 is 1. The molecule has 0 aromatic heterocycles. The number of nitrogens with zero attached hydrogens (tertiary/aromatic N) is 1. The lowest BCUT2D eigenvalue weighted by Gasteiger charge is -2.21. The van der Waals surface area contributed by atoms with Crippen LogP contribution in [0.2, 0.25) is 0 Å².